The van der Waals surface area contributed by atoms with Gasteiger partial charge in [0.15, 0.2) is 5.13 Å². The molecule has 4 rings (SSSR count). The fourth-order valence-electron chi connectivity index (χ4n) is 2.86. The minimum Gasteiger partial charge on any atom is -0.497 e. The van der Waals surface area contributed by atoms with Gasteiger partial charge in [-0.1, -0.05) is 36.4 Å². The summed E-state index contributed by atoms with van der Waals surface area (Å²) in [7, 11) is 1.59. The number of ether oxygens (including phenoxy) is 1. The van der Waals surface area contributed by atoms with Crippen LogP contribution in [0, 0.1) is 0 Å². The lowest BCUT2D eigenvalue weighted by Crippen LogP contribution is -2.19. The molecule has 30 heavy (non-hydrogen) atoms. The Morgan fingerprint density at radius 1 is 0.867 bits per heavy atom. The molecule has 0 aliphatic heterocycles. The van der Waals surface area contributed by atoms with Gasteiger partial charge in [0.05, 0.1) is 12.8 Å². The number of hydrogen-bond donors (Lipinski definition) is 3. The van der Waals surface area contributed by atoms with E-state index in [4.69, 9.17) is 4.74 Å². The van der Waals surface area contributed by atoms with E-state index >= 15 is 0 Å². The van der Waals surface area contributed by atoms with Crippen molar-refractivity contribution in [3.05, 3.63) is 84.2 Å². The highest BCUT2D eigenvalue weighted by Crippen LogP contribution is 2.28. The Balaban J connectivity index is 1.43. The van der Waals surface area contributed by atoms with E-state index in [1.807, 2.05) is 72.1 Å². The highest BCUT2D eigenvalue weighted by atomic mass is 32.1. The van der Waals surface area contributed by atoms with Gasteiger partial charge >= 0.3 is 6.03 Å². The van der Waals surface area contributed by atoms with Crippen LogP contribution in [0.4, 0.5) is 27.0 Å². The first-order valence-electron chi connectivity index (χ1n) is 9.30. The summed E-state index contributed by atoms with van der Waals surface area (Å²) in [6.07, 6.45) is 0. The largest absolute Gasteiger partial charge is 0.497 e. The average molecular weight is 417 g/mol. The van der Waals surface area contributed by atoms with Crippen LogP contribution >= 0.6 is 11.3 Å². The summed E-state index contributed by atoms with van der Waals surface area (Å²) < 4.78 is 5.18. The zero-order valence-electron chi connectivity index (χ0n) is 16.3. The molecular formula is C23H20N4O2S. The molecule has 3 N–H and O–H groups in total. The molecule has 0 atom stereocenters. The number of thiazole rings is 1. The highest BCUT2D eigenvalue weighted by molar-refractivity contribution is 7.14. The molecule has 0 unspecified atom stereocenters. The van der Waals surface area contributed by atoms with Crippen molar-refractivity contribution in [2.45, 2.75) is 0 Å². The van der Waals surface area contributed by atoms with Gasteiger partial charge in [-0.25, -0.2) is 9.78 Å². The van der Waals surface area contributed by atoms with Crippen molar-refractivity contribution in [1.29, 1.82) is 0 Å². The summed E-state index contributed by atoms with van der Waals surface area (Å²) in [6.45, 7) is 0. The molecule has 4 aromatic rings. The number of amides is 2. The van der Waals surface area contributed by atoms with Crippen molar-refractivity contribution in [1.82, 2.24) is 4.98 Å². The fraction of sp³-hybridized carbons (Fsp3) is 0.0435. The second kappa shape index (κ2) is 9.11. The van der Waals surface area contributed by atoms with Crippen molar-refractivity contribution < 1.29 is 9.53 Å². The van der Waals surface area contributed by atoms with Crippen LogP contribution in [0.5, 0.6) is 5.75 Å². The van der Waals surface area contributed by atoms with Crippen LogP contribution in [0.2, 0.25) is 0 Å². The topological polar surface area (TPSA) is 75.3 Å². The van der Waals surface area contributed by atoms with E-state index in [2.05, 4.69) is 20.9 Å². The van der Waals surface area contributed by atoms with E-state index in [-0.39, 0.29) is 6.03 Å². The third-order valence-corrected chi connectivity index (χ3v) is 5.03. The molecule has 0 aliphatic carbocycles. The van der Waals surface area contributed by atoms with Gasteiger partial charge in [0.25, 0.3) is 0 Å². The SMILES string of the molecule is COc1cccc(NC(=O)Nc2cccc(-c3csc(Nc4ccccc4)n3)c2)c1. The van der Waals surface area contributed by atoms with Gasteiger partial charge < -0.3 is 20.7 Å². The molecule has 0 saturated heterocycles. The number of hydrogen-bond acceptors (Lipinski definition) is 5. The monoisotopic (exact) mass is 416 g/mol. The van der Waals surface area contributed by atoms with Gasteiger partial charge in [-0.3, -0.25) is 0 Å². The number of methoxy groups -OCH3 is 1. The number of aromatic nitrogens is 1. The number of anilines is 4. The molecule has 0 radical (unpaired) electrons. The van der Waals surface area contributed by atoms with Crippen LogP contribution in [0.25, 0.3) is 11.3 Å². The van der Waals surface area contributed by atoms with E-state index in [9.17, 15) is 4.79 Å². The zero-order valence-corrected chi connectivity index (χ0v) is 17.1. The Bertz CT molecular complexity index is 1140. The quantitative estimate of drug-likeness (QED) is 0.349. The van der Waals surface area contributed by atoms with Crippen molar-refractivity contribution in [2.75, 3.05) is 23.1 Å². The maximum atomic E-state index is 12.4. The highest BCUT2D eigenvalue weighted by Gasteiger charge is 2.08. The Morgan fingerprint density at radius 2 is 1.57 bits per heavy atom. The maximum absolute atomic E-state index is 12.4. The summed E-state index contributed by atoms with van der Waals surface area (Å²) in [6, 6.07) is 24.4. The standard InChI is InChI=1S/C23H20N4O2S/c1-29-20-12-6-11-19(14-20)25-22(28)24-18-10-5-7-16(13-18)21-15-30-23(27-21)26-17-8-3-2-4-9-17/h2-15H,1H3,(H,26,27)(H2,24,25,28). The summed E-state index contributed by atoms with van der Waals surface area (Å²) in [4.78, 5) is 17.0. The lowest BCUT2D eigenvalue weighted by Gasteiger charge is -2.09. The van der Waals surface area contributed by atoms with Crippen molar-refractivity contribution in [3.8, 4) is 17.0 Å². The van der Waals surface area contributed by atoms with Crippen molar-refractivity contribution in [3.63, 3.8) is 0 Å². The molecule has 0 spiro atoms. The molecule has 0 aliphatic rings. The molecule has 3 aromatic carbocycles. The van der Waals surface area contributed by atoms with E-state index < -0.39 is 0 Å². The molecule has 0 fully saturated rings. The number of carbonyl (C=O) groups is 1. The molecule has 0 bridgehead atoms. The van der Waals surface area contributed by atoms with Crippen molar-refractivity contribution in [2.24, 2.45) is 0 Å². The lowest BCUT2D eigenvalue weighted by molar-refractivity contribution is 0.262. The number of para-hydroxylation sites is 1. The van der Waals surface area contributed by atoms with E-state index in [0.29, 0.717) is 17.1 Å². The third kappa shape index (κ3) is 4.95. The minimum absolute atomic E-state index is 0.329. The second-order valence-corrected chi connectivity index (χ2v) is 7.28. The van der Waals surface area contributed by atoms with Gasteiger partial charge in [-0.05, 0) is 36.4 Å². The van der Waals surface area contributed by atoms with Gasteiger partial charge in [0.1, 0.15) is 5.75 Å². The number of nitrogens with zero attached hydrogens (tertiary/aromatic N) is 1. The minimum atomic E-state index is -0.329. The van der Waals surface area contributed by atoms with Crippen LogP contribution < -0.4 is 20.7 Å². The first kappa shape index (κ1) is 19.5. The number of carbonyl (C=O) groups excluding carboxylic acids is 1. The van der Waals surface area contributed by atoms with Crippen LogP contribution in [-0.4, -0.2) is 18.1 Å². The molecule has 2 amide bonds. The van der Waals surface area contributed by atoms with Crippen LogP contribution in [0.15, 0.2) is 84.2 Å². The van der Waals surface area contributed by atoms with E-state index in [0.717, 1.165) is 22.1 Å². The van der Waals surface area contributed by atoms with E-state index in [1.165, 1.54) is 11.3 Å². The normalized spacial score (nSPS) is 10.3. The smallest absolute Gasteiger partial charge is 0.323 e. The molecule has 1 heterocycles. The predicted octanol–water partition coefficient (Wildman–Crippen LogP) is 6.21. The van der Waals surface area contributed by atoms with Crippen molar-refractivity contribution >= 4 is 39.6 Å². The Kier molecular flexibility index (Phi) is 5.91. The third-order valence-electron chi connectivity index (χ3n) is 4.27. The molecule has 7 heteroatoms. The molecule has 6 nitrogen and oxygen atoms in total. The van der Waals surface area contributed by atoms with Gasteiger partial charge in [0.2, 0.25) is 0 Å². The first-order chi connectivity index (χ1) is 14.7. The van der Waals surface area contributed by atoms with Crippen LogP contribution in [0.1, 0.15) is 0 Å². The van der Waals surface area contributed by atoms with Gasteiger partial charge in [-0.2, -0.15) is 0 Å². The number of nitrogens with one attached hydrogen (secondary N) is 3. The average Bonchev–Trinajstić information content (AvgIpc) is 3.23. The zero-order chi connectivity index (χ0) is 20.8. The summed E-state index contributed by atoms with van der Waals surface area (Å²) in [5, 5.41) is 11.7. The number of benzene rings is 3. The molecular weight excluding hydrogens is 396 g/mol. The van der Waals surface area contributed by atoms with Crippen LogP contribution in [0.3, 0.4) is 0 Å². The number of urea groups is 1. The summed E-state index contributed by atoms with van der Waals surface area (Å²) in [5.74, 6) is 0.679. The molecule has 0 saturated carbocycles. The van der Waals surface area contributed by atoms with Gasteiger partial charge in [-0.15, -0.1) is 11.3 Å². The molecule has 1 aromatic heterocycles. The molecule has 150 valence electrons. The van der Waals surface area contributed by atoms with E-state index in [1.54, 1.807) is 19.2 Å². The Hall–Kier alpha value is -3.84. The number of rotatable bonds is 6. The first-order valence-corrected chi connectivity index (χ1v) is 10.2. The Morgan fingerprint density at radius 3 is 2.33 bits per heavy atom. The fourth-order valence-corrected chi connectivity index (χ4v) is 3.60. The Labute approximate surface area is 178 Å². The second-order valence-electron chi connectivity index (χ2n) is 6.42. The maximum Gasteiger partial charge on any atom is 0.323 e. The van der Waals surface area contributed by atoms with Gasteiger partial charge in [0, 0.05) is 34.1 Å². The lowest BCUT2D eigenvalue weighted by atomic mass is 10.1. The summed E-state index contributed by atoms with van der Waals surface area (Å²) in [5.41, 5.74) is 4.09. The summed E-state index contributed by atoms with van der Waals surface area (Å²) >= 11 is 1.53. The van der Waals surface area contributed by atoms with Crippen LogP contribution in [-0.2, 0) is 0 Å². The predicted molar refractivity (Wildman–Crippen MR) is 123 cm³/mol.